The van der Waals surface area contributed by atoms with Gasteiger partial charge in [-0.15, -0.1) is 0 Å². The highest BCUT2D eigenvalue weighted by atomic mass is 19.2. The summed E-state index contributed by atoms with van der Waals surface area (Å²) in [4.78, 5) is 31.2. The van der Waals surface area contributed by atoms with Gasteiger partial charge in [0.25, 0.3) is 0 Å². The normalized spacial score (nSPS) is 14.2. The molecule has 0 radical (unpaired) electrons. The molecule has 2 aromatic heterocycles. The smallest absolute Gasteiger partial charge is 0.172 e. The number of hydrogen-bond donors (Lipinski definition) is 2. The summed E-state index contributed by atoms with van der Waals surface area (Å²) >= 11 is 0. The lowest BCUT2D eigenvalue weighted by Crippen LogP contribution is -1.94. The fraction of sp³-hybridized carbons (Fsp3) is 0.0476. The summed E-state index contributed by atoms with van der Waals surface area (Å²) in [5.74, 6) is -5.24. The van der Waals surface area contributed by atoms with Gasteiger partial charge in [0.1, 0.15) is 0 Å². The van der Waals surface area contributed by atoms with Crippen LogP contribution < -0.4 is 0 Å². The van der Waals surface area contributed by atoms with E-state index in [1.807, 2.05) is 0 Å². The molecule has 0 amide bonds. The number of ketones is 2. The van der Waals surface area contributed by atoms with Crippen LogP contribution in [0.3, 0.4) is 0 Å². The number of carbonyl (C=O) groups is 2. The highest BCUT2D eigenvalue weighted by molar-refractivity contribution is 6.40. The maximum Gasteiger partial charge on any atom is 0.172 e. The van der Waals surface area contributed by atoms with E-state index in [1.165, 1.54) is 0 Å². The lowest BCUT2D eigenvalue weighted by molar-refractivity contribution is 0.0924. The average molecular weight is 396 g/mol. The third-order valence-electron chi connectivity index (χ3n) is 5.56. The van der Waals surface area contributed by atoms with E-state index in [0.29, 0.717) is 11.0 Å². The molecule has 29 heavy (non-hydrogen) atoms. The van der Waals surface area contributed by atoms with Gasteiger partial charge in [-0.2, -0.15) is 0 Å². The summed E-state index contributed by atoms with van der Waals surface area (Å²) in [6.07, 6.45) is -0.379. The second-order valence-corrected chi connectivity index (χ2v) is 7.15. The zero-order chi connectivity index (χ0) is 20.2. The maximum absolute atomic E-state index is 13.9. The van der Waals surface area contributed by atoms with Crippen LogP contribution in [0.1, 0.15) is 27.1 Å². The van der Waals surface area contributed by atoms with Gasteiger partial charge in [-0.25, -0.2) is 17.6 Å². The fourth-order valence-corrected chi connectivity index (χ4v) is 4.40. The van der Waals surface area contributed by atoms with Crippen molar-refractivity contribution < 1.29 is 27.2 Å². The van der Waals surface area contributed by atoms with E-state index in [4.69, 9.17) is 0 Å². The molecule has 142 valence electrons. The van der Waals surface area contributed by atoms with Crippen LogP contribution in [0.4, 0.5) is 17.6 Å². The van der Waals surface area contributed by atoms with Gasteiger partial charge in [0.05, 0.1) is 17.5 Å². The van der Waals surface area contributed by atoms with Crippen LogP contribution >= 0.6 is 0 Å². The van der Waals surface area contributed by atoms with Gasteiger partial charge < -0.3 is 9.97 Å². The maximum atomic E-state index is 13.9. The Morgan fingerprint density at radius 2 is 1.00 bits per heavy atom. The van der Waals surface area contributed by atoms with Crippen molar-refractivity contribution in [1.82, 2.24) is 9.97 Å². The van der Waals surface area contributed by atoms with Crippen molar-refractivity contribution >= 4 is 55.2 Å². The van der Waals surface area contributed by atoms with Crippen molar-refractivity contribution in [3.8, 4) is 0 Å². The molecule has 0 bridgehead atoms. The second-order valence-electron chi connectivity index (χ2n) is 7.15. The lowest BCUT2D eigenvalue weighted by Gasteiger charge is -2.04. The van der Waals surface area contributed by atoms with Gasteiger partial charge in [-0.3, -0.25) is 9.59 Å². The Hall–Kier alpha value is -3.68. The van der Waals surface area contributed by atoms with Crippen molar-refractivity contribution in [1.29, 1.82) is 0 Å². The van der Waals surface area contributed by atoms with E-state index < -0.39 is 34.8 Å². The number of benzene rings is 3. The summed E-state index contributed by atoms with van der Waals surface area (Å²) in [7, 11) is 0. The van der Waals surface area contributed by atoms with Crippen LogP contribution in [-0.2, 0) is 0 Å². The first-order valence-corrected chi connectivity index (χ1v) is 8.68. The number of aromatic nitrogens is 2. The van der Waals surface area contributed by atoms with Crippen molar-refractivity contribution in [2.24, 2.45) is 0 Å². The Bertz CT molecular complexity index is 1490. The molecule has 2 N–H and O–H groups in total. The second kappa shape index (κ2) is 5.02. The zero-order valence-electron chi connectivity index (χ0n) is 14.3. The van der Waals surface area contributed by atoms with E-state index in [2.05, 4.69) is 9.97 Å². The summed E-state index contributed by atoms with van der Waals surface area (Å²) in [6.45, 7) is 0. The van der Waals surface area contributed by atoms with Crippen LogP contribution in [0.2, 0.25) is 0 Å². The van der Waals surface area contributed by atoms with Crippen molar-refractivity contribution in [2.45, 2.75) is 6.42 Å². The minimum Gasteiger partial charge on any atom is -0.353 e. The first-order chi connectivity index (χ1) is 13.8. The van der Waals surface area contributed by atoms with Gasteiger partial charge in [0, 0.05) is 55.8 Å². The Balaban J connectivity index is 1.97. The molecule has 1 aliphatic rings. The van der Waals surface area contributed by atoms with Crippen molar-refractivity contribution in [3.05, 3.63) is 58.7 Å². The highest BCUT2D eigenvalue weighted by Gasteiger charge is 2.35. The zero-order valence-corrected chi connectivity index (χ0v) is 14.3. The third-order valence-corrected chi connectivity index (χ3v) is 5.56. The van der Waals surface area contributed by atoms with Crippen LogP contribution in [0.15, 0.2) is 24.3 Å². The molecule has 4 nitrogen and oxygen atoms in total. The van der Waals surface area contributed by atoms with Crippen LogP contribution in [0.5, 0.6) is 0 Å². The molecule has 0 spiro atoms. The molecule has 1 aliphatic carbocycles. The minimum absolute atomic E-state index is 0.0837. The van der Waals surface area contributed by atoms with Gasteiger partial charge in [-0.1, -0.05) is 0 Å². The van der Waals surface area contributed by atoms with E-state index in [0.717, 1.165) is 24.3 Å². The highest BCUT2D eigenvalue weighted by Crippen LogP contribution is 2.44. The fourth-order valence-electron chi connectivity index (χ4n) is 4.40. The molecular formula is C21H8F4N2O2. The summed E-state index contributed by atoms with van der Waals surface area (Å²) in [6, 6.07) is 3.86. The molecule has 2 heterocycles. The molecule has 0 saturated carbocycles. The summed E-state index contributed by atoms with van der Waals surface area (Å²) in [5.41, 5.74) is 1.30. The van der Waals surface area contributed by atoms with Gasteiger partial charge in [0.15, 0.2) is 34.8 Å². The minimum atomic E-state index is -1.09. The van der Waals surface area contributed by atoms with Gasteiger partial charge >= 0.3 is 0 Å². The van der Waals surface area contributed by atoms with Crippen LogP contribution in [0.25, 0.3) is 43.6 Å². The Morgan fingerprint density at radius 1 is 0.621 bits per heavy atom. The molecule has 5 aromatic rings. The number of carbonyl (C=O) groups excluding carboxylic acids is 2. The monoisotopic (exact) mass is 396 g/mol. The molecule has 0 unspecified atom stereocenters. The molecule has 6 rings (SSSR count). The Labute approximate surface area is 158 Å². The topological polar surface area (TPSA) is 65.7 Å². The predicted octanol–water partition coefficient (Wildman–Crippen LogP) is 5.28. The predicted molar refractivity (Wildman–Crippen MR) is 98.3 cm³/mol. The molecule has 0 fully saturated rings. The number of hydrogen-bond acceptors (Lipinski definition) is 2. The first kappa shape index (κ1) is 16.3. The van der Waals surface area contributed by atoms with Crippen molar-refractivity contribution in [2.75, 3.05) is 0 Å². The van der Waals surface area contributed by atoms with E-state index in [9.17, 15) is 27.2 Å². The summed E-state index contributed by atoms with van der Waals surface area (Å²) < 4.78 is 55.3. The number of Topliss-reactive ketones (excluding diaryl/α,β-unsaturated/α-hetero) is 2. The average Bonchev–Trinajstić information content (AvgIpc) is 3.28. The molecule has 3 aromatic carbocycles. The number of nitrogens with one attached hydrogen (secondary N) is 2. The molecule has 0 saturated heterocycles. The number of aromatic amines is 2. The number of H-pyrrole nitrogens is 2. The van der Waals surface area contributed by atoms with E-state index in [1.54, 1.807) is 0 Å². The Kier molecular flexibility index (Phi) is 2.82. The molecule has 0 atom stereocenters. The SMILES string of the molecule is O=C1CC(=O)c2c1c1c3cc(F)c(F)cc3[nH]c1c1[nH]c3cc(F)c(F)cc3c21. The molecular weight excluding hydrogens is 388 g/mol. The Morgan fingerprint density at radius 3 is 1.41 bits per heavy atom. The van der Waals surface area contributed by atoms with Gasteiger partial charge in [0.2, 0.25) is 0 Å². The number of halogens is 4. The van der Waals surface area contributed by atoms with Crippen LogP contribution in [-0.4, -0.2) is 21.5 Å². The van der Waals surface area contributed by atoms with Crippen LogP contribution in [0, 0.1) is 23.3 Å². The molecule has 0 aliphatic heterocycles. The largest absolute Gasteiger partial charge is 0.353 e. The lowest BCUT2D eigenvalue weighted by atomic mass is 9.96. The molecule has 8 heteroatoms. The third kappa shape index (κ3) is 1.88. The summed E-state index contributed by atoms with van der Waals surface area (Å²) in [5, 5.41) is 1.06. The quantitative estimate of drug-likeness (QED) is 0.276. The van der Waals surface area contributed by atoms with Gasteiger partial charge in [-0.05, 0) is 12.1 Å². The number of fused-ring (bicyclic) bond motifs is 10. The van der Waals surface area contributed by atoms with E-state index >= 15 is 0 Å². The van der Waals surface area contributed by atoms with Crippen molar-refractivity contribution in [3.63, 3.8) is 0 Å². The standard InChI is InChI=1S/C21H8F4N2O2/c22-8-1-6-12(3-10(8)24)26-20-16(6)18-14(28)5-15(29)19(18)17-7-2-9(23)11(25)4-13(7)27-21(17)20/h1-4,26-27H,5H2. The van der Waals surface area contributed by atoms with E-state index in [-0.39, 0.29) is 50.1 Å². The number of rotatable bonds is 0. The first-order valence-electron chi connectivity index (χ1n) is 8.68.